The van der Waals surface area contributed by atoms with E-state index in [1.165, 1.54) is 31.4 Å². The second-order valence-corrected chi connectivity index (χ2v) is 5.17. The van der Waals surface area contributed by atoms with Crippen LogP contribution in [0, 0.1) is 0 Å². The molecule has 0 amide bonds. The van der Waals surface area contributed by atoms with E-state index in [4.69, 9.17) is 9.47 Å². The maximum absolute atomic E-state index is 5.77. The first-order chi connectivity index (χ1) is 9.38. The summed E-state index contributed by atoms with van der Waals surface area (Å²) in [7, 11) is 1.73. The Balaban J connectivity index is 1.62. The molecule has 1 N–H and O–H groups in total. The summed E-state index contributed by atoms with van der Waals surface area (Å²) < 4.78 is 10.8. The van der Waals surface area contributed by atoms with Crippen molar-refractivity contribution in [1.29, 1.82) is 0 Å². The highest BCUT2D eigenvalue weighted by molar-refractivity contribution is 5.27. The lowest BCUT2D eigenvalue weighted by molar-refractivity contribution is 0.202. The summed E-state index contributed by atoms with van der Waals surface area (Å²) in [5.74, 6) is 0.973. The lowest BCUT2D eigenvalue weighted by atomic mass is 10.1. The van der Waals surface area contributed by atoms with Crippen molar-refractivity contribution in [3.05, 3.63) is 29.8 Å². The summed E-state index contributed by atoms with van der Waals surface area (Å²) in [6, 6.07) is 9.07. The quantitative estimate of drug-likeness (QED) is 0.732. The molecule has 1 aliphatic heterocycles. The van der Waals surface area contributed by atoms with Gasteiger partial charge in [0.1, 0.15) is 5.75 Å². The Morgan fingerprint density at radius 2 is 2.05 bits per heavy atom. The van der Waals surface area contributed by atoms with Gasteiger partial charge in [0.2, 0.25) is 0 Å². The molecule has 0 aromatic heterocycles. The van der Waals surface area contributed by atoms with E-state index in [2.05, 4.69) is 29.6 Å². The predicted molar refractivity (Wildman–Crippen MR) is 77.8 cm³/mol. The second-order valence-electron chi connectivity index (χ2n) is 5.17. The molecule has 1 heterocycles. The van der Waals surface area contributed by atoms with Crippen molar-refractivity contribution in [1.82, 2.24) is 5.32 Å². The maximum atomic E-state index is 5.77. The number of benzene rings is 1. The predicted octanol–water partition coefficient (Wildman–Crippen LogP) is 2.79. The molecule has 3 heteroatoms. The maximum Gasteiger partial charge on any atom is 0.119 e. The standard InChI is InChI=1S/C16H25NO2/c1-18-13-10-14-6-8-16(9-7-14)19-12-3-5-15-4-2-11-17-15/h6-9,15,17H,2-5,10-13H2,1H3. The van der Waals surface area contributed by atoms with E-state index < -0.39 is 0 Å². The Bertz CT molecular complexity index is 344. The topological polar surface area (TPSA) is 30.5 Å². The van der Waals surface area contributed by atoms with Crippen molar-refractivity contribution in [3.63, 3.8) is 0 Å². The van der Waals surface area contributed by atoms with Gasteiger partial charge in [0, 0.05) is 13.2 Å². The van der Waals surface area contributed by atoms with Crippen molar-refractivity contribution in [2.24, 2.45) is 0 Å². The van der Waals surface area contributed by atoms with E-state index in [1.807, 2.05) is 0 Å². The Labute approximate surface area is 116 Å². The molecule has 1 aliphatic rings. The van der Waals surface area contributed by atoms with Crippen molar-refractivity contribution in [2.45, 2.75) is 38.1 Å². The largest absolute Gasteiger partial charge is 0.494 e. The molecular weight excluding hydrogens is 238 g/mol. The lowest BCUT2D eigenvalue weighted by Gasteiger charge is -2.11. The highest BCUT2D eigenvalue weighted by atomic mass is 16.5. The Morgan fingerprint density at radius 3 is 2.74 bits per heavy atom. The molecule has 2 rings (SSSR count). The van der Waals surface area contributed by atoms with E-state index in [9.17, 15) is 0 Å². The van der Waals surface area contributed by atoms with Gasteiger partial charge in [-0.3, -0.25) is 0 Å². The molecule has 1 saturated heterocycles. The van der Waals surface area contributed by atoms with Crippen LogP contribution in [0.1, 0.15) is 31.2 Å². The summed E-state index contributed by atoms with van der Waals surface area (Å²) in [6.45, 7) is 2.78. The van der Waals surface area contributed by atoms with Crippen molar-refractivity contribution in [3.8, 4) is 5.75 Å². The normalized spacial score (nSPS) is 18.7. The summed E-state index contributed by atoms with van der Waals surface area (Å²) in [5.41, 5.74) is 1.30. The van der Waals surface area contributed by atoms with Gasteiger partial charge in [-0.15, -0.1) is 0 Å². The van der Waals surface area contributed by atoms with Crippen LogP contribution in [-0.4, -0.2) is 32.9 Å². The molecule has 0 bridgehead atoms. The molecule has 1 fully saturated rings. The Morgan fingerprint density at radius 1 is 1.21 bits per heavy atom. The third kappa shape index (κ3) is 5.21. The number of hydrogen-bond donors (Lipinski definition) is 1. The minimum Gasteiger partial charge on any atom is -0.494 e. The summed E-state index contributed by atoms with van der Waals surface area (Å²) >= 11 is 0. The summed E-state index contributed by atoms with van der Waals surface area (Å²) in [6.07, 6.45) is 5.97. The van der Waals surface area contributed by atoms with Gasteiger partial charge in [0.15, 0.2) is 0 Å². The molecule has 3 nitrogen and oxygen atoms in total. The first-order valence-corrected chi connectivity index (χ1v) is 7.32. The van der Waals surface area contributed by atoms with Crippen molar-refractivity contribution >= 4 is 0 Å². The zero-order chi connectivity index (χ0) is 13.3. The van der Waals surface area contributed by atoms with Gasteiger partial charge in [0.25, 0.3) is 0 Å². The van der Waals surface area contributed by atoms with E-state index in [0.717, 1.165) is 37.8 Å². The van der Waals surface area contributed by atoms with Crippen LogP contribution < -0.4 is 10.1 Å². The first kappa shape index (κ1) is 14.4. The van der Waals surface area contributed by atoms with Crippen LogP contribution in [0.25, 0.3) is 0 Å². The number of ether oxygens (including phenoxy) is 2. The molecule has 19 heavy (non-hydrogen) atoms. The van der Waals surface area contributed by atoms with E-state index in [1.54, 1.807) is 7.11 Å². The van der Waals surface area contributed by atoms with Crippen molar-refractivity contribution < 1.29 is 9.47 Å². The monoisotopic (exact) mass is 263 g/mol. The Kier molecular flexibility index (Phi) is 6.18. The van der Waals surface area contributed by atoms with Crippen LogP contribution in [0.2, 0.25) is 0 Å². The van der Waals surface area contributed by atoms with Gasteiger partial charge in [-0.05, 0) is 56.3 Å². The van der Waals surface area contributed by atoms with Gasteiger partial charge >= 0.3 is 0 Å². The third-order valence-corrected chi connectivity index (χ3v) is 3.65. The van der Waals surface area contributed by atoms with Crippen LogP contribution in [-0.2, 0) is 11.2 Å². The SMILES string of the molecule is COCCc1ccc(OCCCC2CCCN2)cc1. The molecule has 1 unspecified atom stereocenters. The van der Waals surface area contributed by atoms with Gasteiger partial charge < -0.3 is 14.8 Å². The van der Waals surface area contributed by atoms with Gasteiger partial charge in [-0.25, -0.2) is 0 Å². The smallest absolute Gasteiger partial charge is 0.119 e. The zero-order valence-corrected chi connectivity index (χ0v) is 11.9. The molecule has 1 atom stereocenters. The number of methoxy groups -OCH3 is 1. The molecule has 106 valence electrons. The molecule has 0 radical (unpaired) electrons. The average Bonchev–Trinajstić information content (AvgIpc) is 2.96. The average molecular weight is 263 g/mol. The minimum absolute atomic E-state index is 0.722. The molecule has 0 spiro atoms. The van der Waals surface area contributed by atoms with Crippen LogP contribution in [0.5, 0.6) is 5.75 Å². The number of nitrogens with one attached hydrogen (secondary N) is 1. The van der Waals surface area contributed by atoms with Gasteiger partial charge in [-0.1, -0.05) is 12.1 Å². The van der Waals surface area contributed by atoms with Gasteiger partial charge in [0.05, 0.1) is 13.2 Å². The second kappa shape index (κ2) is 8.18. The van der Waals surface area contributed by atoms with Crippen LogP contribution in [0.15, 0.2) is 24.3 Å². The van der Waals surface area contributed by atoms with Crippen molar-refractivity contribution in [2.75, 3.05) is 26.9 Å². The minimum atomic E-state index is 0.722. The highest BCUT2D eigenvalue weighted by Gasteiger charge is 2.12. The lowest BCUT2D eigenvalue weighted by Crippen LogP contribution is -2.21. The molecule has 1 aromatic rings. The van der Waals surface area contributed by atoms with Crippen LogP contribution in [0.3, 0.4) is 0 Å². The molecule has 0 saturated carbocycles. The van der Waals surface area contributed by atoms with E-state index >= 15 is 0 Å². The third-order valence-electron chi connectivity index (χ3n) is 3.65. The van der Waals surface area contributed by atoms with Crippen LogP contribution >= 0.6 is 0 Å². The fourth-order valence-electron chi connectivity index (χ4n) is 2.50. The Hall–Kier alpha value is -1.06. The number of rotatable bonds is 8. The number of hydrogen-bond acceptors (Lipinski definition) is 3. The highest BCUT2D eigenvalue weighted by Crippen LogP contribution is 2.14. The molecular formula is C16H25NO2. The molecule has 0 aliphatic carbocycles. The molecule has 1 aromatic carbocycles. The van der Waals surface area contributed by atoms with E-state index in [0.29, 0.717) is 0 Å². The fraction of sp³-hybridized carbons (Fsp3) is 0.625. The van der Waals surface area contributed by atoms with Crippen LogP contribution in [0.4, 0.5) is 0 Å². The van der Waals surface area contributed by atoms with E-state index in [-0.39, 0.29) is 0 Å². The fourth-order valence-corrected chi connectivity index (χ4v) is 2.50. The summed E-state index contributed by atoms with van der Waals surface area (Å²) in [4.78, 5) is 0. The zero-order valence-electron chi connectivity index (χ0n) is 11.9. The summed E-state index contributed by atoms with van der Waals surface area (Å²) in [5, 5.41) is 3.51. The van der Waals surface area contributed by atoms with Gasteiger partial charge in [-0.2, -0.15) is 0 Å². The first-order valence-electron chi connectivity index (χ1n) is 7.32.